The molecule has 0 bridgehead atoms. The average Bonchev–Trinajstić information content (AvgIpc) is 3.38. The Kier molecular flexibility index (Phi) is 8.98. The first-order chi connectivity index (χ1) is 17.6. The topological polar surface area (TPSA) is 67.9 Å². The van der Waals surface area contributed by atoms with Crippen molar-refractivity contribution in [2.24, 2.45) is 0 Å². The van der Waals surface area contributed by atoms with Crippen molar-refractivity contribution < 1.29 is 19.1 Å². The summed E-state index contributed by atoms with van der Waals surface area (Å²) in [6.07, 6.45) is 3.20. The number of rotatable bonds is 12. The van der Waals surface area contributed by atoms with E-state index in [1.165, 1.54) is 0 Å². The van der Waals surface area contributed by atoms with E-state index < -0.39 is 6.04 Å². The number of unbranched alkanes of at least 4 members (excludes halogenated alkanes) is 1. The summed E-state index contributed by atoms with van der Waals surface area (Å²) in [6.45, 7) is 3.29. The van der Waals surface area contributed by atoms with Gasteiger partial charge in [0.15, 0.2) is 11.5 Å². The highest BCUT2D eigenvalue weighted by Gasteiger charge is 2.30. The molecule has 6 heteroatoms. The monoisotopic (exact) mass is 486 g/mol. The number of ether oxygens (including phenoxy) is 2. The van der Waals surface area contributed by atoms with Gasteiger partial charge in [-0.2, -0.15) is 0 Å². The highest BCUT2D eigenvalue weighted by Crippen LogP contribution is 2.32. The van der Waals surface area contributed by atoms with Crippen LogP contribution in [0.3, 0.4) is 0 Å². The summed E-state index contributed by atoms with van der Waals surface area (Å²) in [5, 5.41) is 3.06. The number of hydrogen-bond acceptors (Lipinski definition) is 4. The Hall–Kier alpha value is -3.80. The Balaban J connectivity index is 1.56. The van der Waals surface area contributed by atoms with Crippen LogP contribution in [-0.2, 0) is 29.0 Å². The number of benzene rings is 3. The molecule has 0 spiro atoms. The molecule has 0 saturated heterocycles. The molecule has 1 atom stereocenters. The zero-order chi connectivity index (χ0) is 25.2. The van der Waals surface area contributed by atoms with Gasteiger partial charge in [-0.15, -0.1) is 0 Å². The molecule has 1 N–H and O–H groups in total. The lowest BCUT2D eigenvalue weighted by molar-refractivity contribution is -0.141. The number of nitrogens with zero attached hydrogens (tertiary/aromatic N) is 1. The maximum Gasteiger partial charge on any atom is 0.243 e. The molecule has 0 aliphatic carbocycles. The third kappa shape index (κ3) is 6.87. The van der Waals surface area contributed by atoms with Gasteiger partial charge in [0, 0.05) is 25.9 Å². The van der Waals surface area contributed by atoms with E-state index >= 15 is 0 Å². The smallest absolute Gasteiger partial charge is 0.243 e. The summed E-state index contributed by atoms with van der Waals surface area (Å²) in [5.41, 5.74) is 3.02. The highest BCUT2D eigenvalue weighted by molar-refractivity contribution is 5.88. The summed E-state index contributed by atoms with van der Waals surface area (Å²) >= 11 is 0. The first kappa shape index (κ1) is 25.3. The molecule has 1 aliphatic rings. The number of carbonyl (C=O) groups excluding carboxylic acids is 2. The molecule has 1 aliphatic heterocycles. The Morgan fingerprint density at radius 2 is 1.58 bits per heavy atom. The second-order valence-electron chi connectivity index (χ2n) is 9.04. The molecule has 36 heavy (non-hydrogen) atoms. The zero-order valence-corrected chi connectivity index (χ0v) is 20.8. The quantitative estimate of drug-likeness (QED) is 0.370. The Bertz CT molecular complexity index is 1130. The predicted molar refractivity (Wildman–Crippen MR) is 140 cm³/mol. The van der Waals surface area contributed by atoms with Crippen molar-refractivity contribution in [3.63, 3.8) is 0 Å². The standard InChI is InChI=1S/C30H34N2O4/c1-2-3-18-31-30(34)26(19-23-10-6-4-7-11-23)32(21-25-12-8-5-9-13-25)29(33)17-15-24-14-16-27-28(20-24)36-22-35-27/h4-14,16,20,26H,2-3,15,17-19,21-22H2,1H3,(H,31,34)/t26-/m0/s1. The molecular weight excluding hydrogens is 452 g/mol. The summed E-state index contributed by atoms with van der Waals surface area (Å²) in [7, 11) is 0. The number of amides is 2. The van der Waals surface area contributed by atoms with E-state index in [4.69, 9.17) is 9.47 Å². The number of nitrogens with one attached hydrogen (secondary N) is 1. The third-order valence-electron chi connectivity index (χ3n) is 6.36. The fraction of sp³-hybridized carbons (Fsp3) is 0.333. The summed E-state index contributed by atoms with van der Waals surface area (Å²) in [4.78, 5) is 28.9. The number of carbonyl (C=O) groups is 2. The van der Waals surface area contributed by atoms with E-state index in [9.17, 15) is 9.59 Å². The van der Waals surface area contributed by atoms with Crippen molar-refractivity contribution in [1.82, 2.24) is 10.2 Å². The molecular formula is C30H34N2O4. The van der Waals surface area contributed by atoms with Crippen LogP contribution in [0.4, 0.5) is 0 Å². The van der Waals surface area contributed by atoms with Gasteiger partial charge in [0.25, 0.3) is 0 Å². The van der Waals surface area contributed by atoms with Crippen LogP contribution < -0.4 is 14.8 Å². The van der Waals surface area contributed by atoms with Crippen molar-refractivity contribution in [2.45, 2.75) is 51.6 Å². The largest absolute Gasteiger partial charge is 0.454 e. The molecule has 0 fully saturated rings. The second-order valence-corrected chi connectivity index (χ2v) is 9.04. The van der Waals surface area contributed by atoms with Crippen LogP contribution in [0.1, 0.15) is 42.9 Å². The minimum absolute atomic E-state index is 0.0527. The van der Waals surface area contributed by atoms with E-state index in [1.54, 1.807) is 4.90 Å². The summed E-state index contributed by atoms with van der Waals surface area (Å²) in [6, 6.07) is 24.9. The molecule has 3 aromatic rings. The fourth-order valence-electron chi connectivity index (χ4n) is 4.33. The Labute approximate surface area is 213 Å². The van der Waals surface area contributed by atoms with Gasteiger partial charge in [0.05, 0.1) is 0 Å². The van der Waals surface area contributed by atoms with Crippen molar-refractivity contribution in [1.29, 1.82) is 0 Å². The molecule has 1 heterocycles. The van der Waals surface area contributed by atoms with Gasteiger partial charge in [-0.3, -0.25) is 9.59 Å². The lowest BCUT2D eigenvalue weighted by atomic mass is 10.0. The lowest BCUT2D eigenvalue weighted by Crippen LogP contribution is -2.50. The van der Waals surface area contributed by atoms with E-state index in [0.29, 0.717) is 38.1 Å². The van der Waals surface area contributed by atoms with Gasteiger partial charge < -0.3 is 19.7 Å². The molecule has 188 valence electrons. The van der Waals surface area contributed by atoms with E-state index in [0.717, 1.165) is 35.3 Å². The summed E-state index contributed by atoms with van der Waals surface area (Å²) < 4.78 is 10.9. The van der Waals surface area contributed by atoms with Crippen molar-refractivity contribution >= 4 is 11.8 Å². The molecule has 0 radical (unpaired) electrons. The number of aryl methyl sites for hydroxylation is 1. The van der Waals surface area contributed by atoms with Crippen molar-refractivity contribution in [3.05, 3.63) is 95.6 Å². The van der Waals surface area contributed by atoms with Crippen LogP contribution in [0.25, 0.3) is 0 Å². The van der Waals surface area contributed by atoms with Crippen LogP contribution in [0.5, 0.6) is 11.5 Å². The predicted octanol–water partition coefficient (Wildman–Crippen LogP) is 4.90. The van der Waals surface area contributed by atoms with E-state index in [2.05, 4.69) is 12.2 Å². The minimum atomic E-state index is -0.603. The van der Waals surface area contributed by atoms with E-state index in [-0.39, 0.29) is 18.6 Å². The average molecular weight is 487 g/mol. The van der Waals surface area contributed by atoms with Gasteiger partial charge in [0.1, 0.15) is 6.04 Å². The van der Waals surface area contributed by atoms with Crippen molar-refractivity contribution in [3.8, 4) is 11.5 Å². The Morgan fingerprint density at radius 1 is 0.889 bits per heavy atom. The lowest BCUT2D eigenvalue weighted by Gasteiger charge is -2.31. The Morgan fingerprint density at radius 3 is 2.31 bits per heavy atom. The number of hydrogen-bond donors (Lipinski definition) is 1. The molecule has 0 aromatic heterocycles. The SMILES string of the molecule is CCCCNC(=O)[C@H](Cc1ccccc1)N(Cc1ccccc1)C(=O)CCc1ccc2c(c1)OCO2. The molecule has 0 saturated carbocycles. The van der Waals surface area contributed by atoms with Crippen molar-refractivity contribution in [2.75, 3.05) is 13.3 Å². The van der Waals surface area contributed by atoms with Crippen LogP contribution in [0, 0.1) is 0 Å². The van der Waals surface area contributed by atoms with E-state index in [1.807, 2.05) is 78.9 Å². The maximum absolute atomic E-state index is 13.7. The first-order valence-electron chi connectivity index (χ1n) is 12.7. The normalized spacial score (nSPS) is 12.7. The van der Waals surface area contributed by atoms with Gasteiger partial charge >= 0.3 is 0 Å². The maximum atomic E-state index is 13.7. The molecule has 6 nitrogen and oxygen atoms in total. The molecule has 0 unspecified atom stereocenters. The zero-order valence-electron chi connectivity index (χ0n) is 20.8. The third-order valence-corrected chi connectivity index (χ3v) is 6.36. The first-order valence-corrected chi connectivity index (χ1v) is 12.7. The molecule has 3 aromatic carbocycles. The van der Waals surface area contributed by atoms with Crippen LogP contribution in [-0.4, -0.2) is 36.1 Å². The van der Waals surface area contributed by atoms with Gasteiger partial charge in [0.2, 0.25) is 18.6 Å². The fourth-order valence-corrected chi connectivity index (χ4v) is 4.33. The van der Waals surface area contributed by atoms with Crippen LogP contribution in [0.2, 0.25) is 0 Å². The molecule has 4 rings (SSSR count). The highest BCUT2D eigenvalue weighted by atomic mass is 16.7. The minimum Gasteiger partial charge on any atom is -0.454 e. The van der Waals surface area contributed by atoms with Gasteiger partial charge in [-0.25, -0.2) is 0 Å². The summed E-state index contributed by atoms with van der Waals surface area (Å²) in [5.74, 6) is 1.27. The van der Waals surface area contributed by atoms with Crippen LogP contribution >= 0.6 is 0 Å². The molecule has 2 amide bonds. The van der Waals surface area contributed by atoms with Gasteiger partial charge in [-0.1, -0.05) is 80.1 Å². The van der Waals surface area contributed by atoms with Gasteiger partial charge in [-0.05, 0) is 41.7 Å². The van der Waals surface area contributed by atoms with Crippen LogP contribution in [0.15, 0.2) is 78.9 Å². The second kappa shape index (κ2) is 12.8. The number of fused-ring (bicyclic) bond motifs is 1.